The fourth-order valence-corrected chi connectivity index (χ4v) is 1.50. The van der Waals surface area contributed by atoms with Gasteiger partial charge in [-0.15, -0.1) is 0 Å². The zero-order chi connectivity index (χ0) is 9.42. The van der Waals surface area contributed by atoms with E-state index >= 15 is 0 Å². The smallest absolute Gasteiger partial charge is 0.258 e. The van der Waals surface area contributed by atoms with Crippen molar-refractivity contribution < 1.29 is 13.2 Å². The van der Waals surface area contributed by atoms with E-state index < -0.39 is 18.3 Å². The Hall–Kier alpha value is -1.19. The Bertz CT molecular complexity index is 325. The molecule has 0 radical (unpaired) electrons. The van der Waals surface area contributed by atoms with Crippen LogP contribution in [0.15, 0.2) is 18.2 Å². The molecule has 0 bridgehead atoms. The van der Waals surface area contributed by atoms with E-state index in [-0.39, 0.29) is 6.42 Å². The van der Waals surface area contributed by atoms with Crippen LogP contribution in [-0.2, 0) is 6.42 Å². The molecule has 1 heterocycles. The van der Waals surface area contributed by atoms with Crippen LogP contribution in [0.2, 0.25) is 0 Å². The van der Waals surface area contributed by atoms with Gasteiger partial charge in [0.2, 0.25) is 0 Å². The van der Waals surface area contributed by atoms with Crippen molar-refractivity contribution in [1.29, 1.82) is 0 Å². The molecule has 0 saturated heterocycles. The second-order valence-corrected chi connectivity index (χ2v) is 3.09. The summed E-state index contributed by atoms with van der Waals surface area (Å²) in [5.74, 6) is -0.402. The molecule has 0 spiro atoms. The van der Waals surface area contributed by atoms with Gasteiger partial charge in [0, 0.05) is 12.1 Å². The van der Waals surface area contributed by atoms with Crippen molar-refractivity contribution in [1.82, 2.24) is 0 Å². The van der Waals surface area contributed by atoms with Crippen LogP contribution in [0.3, 0.4) is 0 Å². The second-order valence-electron chi connectivity index (χ2n) is 3.09. The van der Waals surface area contributed by atoms with Crippen molar-refractivity contribution in [3.05, 3.63) is 29.6 Å². The molecule has 0 amide bonds. The predicted molar refractivity (Wildman–Crippen MR) is 43.5 cm³/mol. The molecule has 1 unspecified atom stereocenters. The molecule has 1 aromatic rings. The molecule has 2 rings (SSSR count). The minimum absolute atomic E-state index is 0.271. The Morgan fingerprint density at radius 3 is 2.85 bits per heavy atom. The normalized spacial score (nSPS) is 20.2. The van der Waals surface area contributed by atoms with Crippen LogP contribution in [0.4, 0.5) is 18.9 Å². The number of alkyl halides is 2. The summed E-state index contributed by atoms with van der Waals surface area (Å²) >= 11 is 0. The Morgan fingerprint density at radius 2 is 2.15 bits per heavy atom. The first-order valence-corrected chi connectivity index (χ1v) is 4.00. The molecule has 0 fully saturated rings. The van der Waals surface area contributed by atoms with Gasteiger partial charge >= 0.3 is 0 Å². The van der Waals surface area contributed by atoms with E-state index in [0.717, 1.165) is 5.56 Å². The zero-order valence-electron chi connectivity index (χ0n) is 6.73. The summed E-state index contributed by atoms with van der Waals surface area (Å²) < 4.78 is 37.2. The van der Waals surface area contributed by atoms with Crippen molar-refractivity contribution in [3.8, 4) is 0 Å². The summed E-state index contributed by atoms with van der Waals surface area (Å²) in [5.41, 5.74) is 1.25. The first-order chi connectivity index (χ1) is 6.16. The van der Waals surface area contributed by atoms with Crippen molar-refractivity contribution in [2.45, 2.75) is 18.9 Å². The average Bonchev–Trinajstić information content (AvgIpc) is 2.46. The Balaban J connectivity index is 2.25. The van der Waals surface area contributed by atoms with Crippen LogP contribution >= 0.6 is 0 Å². The highest BCUT2D eigenvalue weighted by Crippen LogP contribution is 2.28. The molecule has 0 aromatic heterocycles. The zero-order valence-corrected chi connectivity index (χ0v) is 6.73. The lowest BCUT2D eigenvalue weighted by atomic mass is 10.1. The highest BCUT2D eigenvalue weighted by Gasteiger charge is 2.27. The van der Waals surface area contributed by atoms with Gasteiger partial charge in [-0.05, 0) is 17.7 Å². The molecule has 13 heavy (non-hydrogen) atoms. The lowest BCUT2D eigenvalue weighted by Crippen LogP contribution is -2.24. The number of rotatable bonds is 1. The Morgan fingerprint density at radius 1 is 1.38 bits per heavy atom. The maximum atomic E-state index is 12.7. The van der Waals surface area contributed by atoms with Gasteiger partial charge in [0.15, 0.2) is 0 Å². The summed E-state index contributed by atoms with van der Waals surface area (Å²) in [6, 6.07) is 3.21. The first-order valence-electron chi connectivity index (χ1n) is 4.00. The van der Waals surface area contributed by atoms with Crippen molar-refractivity contribution in [2.24, 2.45) is 0 Å². The second kappa shape index (κ2) is 2.94. The maximum absolute atomic E-state index is 12.7. The van der Waals surface area contributed by atoms with Crippen LogP contribution in [0.5, 0.6) is 0 Å². The van der Waals surface area contributed by atoms with E-state index in [1.807, 2.05) is 0 Å². The molecule has 1 aliphatic rings. The lowest BCUT2D eigenvalue weighted by molar-refractivity contribution is 0.126. The summed E-state index contributed by atoms with van der Waals surface area (Å²) in [6.07, 6.45) is -2.14. The van der Waals surface area contributed by atoms with Crippen molar-refractivity contribution >= 4 is 5.69 Å². The SMILES string of the molecule is Fc1ccc2c(c1)NC(C(F)F)C2. The third-order valence-corrected chi connectivity index (χ3v) is 2.16. The number of hydrogen-bond acceptors (Lipinski definition) is 1. The molecule has 70 valence electrons. The summed E-state index contributed by atoms with van der Waals surface area (Å²) in [6.45, 7) is 0. The molecular formula is C9H8F3N. The van der Waals surface area contributed by atoms with Gasteiger partial charge in [-0.1, -0.05) is 6.07 Å². The Labute approximate surface area is 73.6 Å². The number of anilines is 1. The molecule has 4 heteroatoms. The molecule has 0 aliphatic carbocycles. The highest BCUT2D eigenvalue weighted by molar-refractivity contribution is 5.57. The summed E-state index contributed by atoms with van der Waals surface area (Å²) in [7, 11) is 0. The van der Waals surface area contributed by atoms with Crippen LogP contribution < -0.4 is 5.32 Å². The van der Waals surface area contributed by atoms with Crippen LogP contribution in [0, 0.1) is 5.82 Å². The van der Waals surface area contributed by atoms with Gasteiger partial charge < -0.3 is 5.32 Å². The van der Waals surface area contributed by atoms with Crippen molar-refractivity contribution in [3.63, 3.8) is 0 Å². The van der Waals surface area contributed by atoms with Gasteiger partial charge in [-0.25, -0.2) is 13.2 Å². The summed E-state index contributed by atoms with van der Waals surface area (Å²) in [4.78, 5) is 0. The number of halogens is 3. The van der Waals surface area contributed by atoms with Crippen LogP contribution in [0.25, 0.3) is 0 Å². The third kappa shape index (κ3) is 1.48. The minimum Gasteiger partial charge on any atom is -0.376 e. The third-order valence-electron chi connectivity index (χ3n) is 2.16. The maximum Gasteiger partial charge on any atom is 0.258 e. The number of hydrogen-bond donors (Lipinski definition) is 1. The van der Waals surface area contributed by atoms with Gasteiger partial charge in [-0.2, -0.15) is 0 Å². The number of fused-ring (bicyclic) bond motifs is 1. The average molecular weight is 187 g/mol. The van der Waals surface area contributed by atoms with E-state index in [0.29, 0.717) is 5.69 Å². The van der Waals surface area contributed by atoms with Crippen molar-refractivity contribution in [2.75, 3.05) is 5.32 Å². The lowest BCUT2D eigenvalue weighted by Gasteiger charge is -2.08. The van der Waals surface area contributed by atoms with E-state index in [1.165, 1.54) is 12.1 Å². The van der Waals surface area contributed by atoms with Gasteiger partial charge in [0.05, 0.1) is 6.04 Å². The molecular weight excluding hydrogens is 179 g/mol. The quantitative estimate of drug-likeness (QED) is 0.711. The predicted octanol–water partition coefficient (Wildman–Crippen LogP) is 2.43. The molecule has 1 aliphatic heterocycles. The van der Waals surface area contributed by atoms with Crippen LogP contribution in [-0.4, -0.2) is 12.5 Å². The minimum atomic E-state index is -2.41. The number of benzene rings is 1. The number of nitrogens with one attached hydrogen (secondary N) is 1. The van der Waals surface area contributed by atoms with E-state index in [4.69, 9.17) is 0 Å². The largest absolute Gasteiger partial charge is 0.376 e. The highest BCUT2D eigenvalue weighted by atomic mass is 19.3. The monoisotopic (exact) mass is 187 g/mol. The standard InChI is InChI=1S/C9H8F3N/c10-6-2-1-5-3-8(9(11)12)13-7(5)4-6/h1-2,4,8-9,13H,3H2. The van der Waals surface area contributed by atoms with E-state index in [1.54, 1.807) is 6.07 Å². The summed E-state index contributed by atoms with van der Waals surface area (Å²) in [5, 5.41) is 2.58. The van der Waals surface area contributed by atoms with Crippen LogP contribution in [0.1, 0.15) is 5.56 Å². The van der Waals surface area contributed by atoms with Gasteiger partial charge in [0.25, 0.3) is 6.43 Å². The Kier molecular flexibility index (Phi) is 1.90. The molecule has 1 aromatic carbocycles. The molecule has 1 N–H and O–H groups in total. The van der Waals surface area contributed by atoms with Gasteiger partial charge in [0.1, 0.15) is 5.82 Å². The topological polar surface area (TPSA) is 12.0 Å². The fraction of sp³-hybridized carbons (Fsp3) is 0.333. The fourth-order valence-electron chi connectivity index (χ4n) is 1.50. The molecule has 1 atom stereocenters. The molecule has 1 nitrogen and oxygen atoms in total. The first kappa shape index (κ1) is 8.41. The van der Waals surface area contributed by atoms with E-state index in [9.17, 15) is 13.2 Å². The van der Waals surface area contributed by atoms with Gasteiger partial charge in [-0.3, -0.25) is 0 Å². The molecule has 0 saturated carbocycles. The van der Waals surface area contributed by atoms with E-state index in [2.05, 4.69) is 5.32 Å².